The molecular formula is C19H21N5OS. The van der Waals surface area contributed by atoms with E-state index in [2.05, 4.69) is 15.1 Å². The van der Waals surface area contributed by atoms with E-state index in [4.69, 9.17) is 0 Å². The van der Waals surface area contributed by atoms with Gasteiger partial charge in [-0.15, -0.1) is 0 Å². The van der Waals surface area contributed by atoms with Gasteiger partial charge in [0.2, 0.25) is 0 Å². The Bertz CT molecular complexity index is 1070. The zero-order chi connectivity index (χ0) is 18.7. The number of fused-ring (bicyclic) bond motifs is 1. The summed E-state index contributed by atoms with van der Waals surface area (Å²) in [7, 11) is 1.06. The van der Waals surface area contributed by atoms with Crippen molar-refractivity contribution >= 4 is 16.4 Å². The normalized spacial score (nSPS) is 11.8. The minimum absolute atomic E-state index is 0.839. The fourth-order valence-corrected chi connectivity index (χ4v) is 3.23. The monoisotopic (exact) mass is 367 g/mol. The lowest BCUT2D eigenvalue weighted by molar-refractivity contribution is 0.686. The van der Waals surface area contributed by atoms with Crippen LogP contribution in [0.2, 0.25) is 0 Å². The molecule has 4 aromatic rings. The number of nitrogens with zero attached hydrogens (tertiary/aromatic N) is 5. The van der Waals surface area contributed by atoms with Gasteiger partial charge in [-0.3, -0.25) is 18.3 Å². The summed E-state index contributed by atoms with van der Waals surface area (Å²) >= 11 is 0. The van der Waals surface area contributed by atoms with Gasteiger partial charge in [0.25, 0.3) is 0 Å². The van der Waals surface area contributed by atoms with Gasteiger partial charge in [-0.1, -0.05) is 12.1 Å². The highest BCUT2D eigenvalue weighted by atomic mass is 32.2. The van der Waals surface area contributed by atoms with Crippen molar-refractivity contribution < 1.29 is 4.21 Å². The summed E-state index contributed by atoms with van der Waals surface area (Å²) in [5.41, 5.74) is 5.07. The quantitative estimate of drug-likeness (QED) is 0.546. The maximum atomic E-state index is 10.9. The Morgan fingerprint density at radius 2 is 1.92 bits per heavy atom. The predicted molar refractivity (Wildman–Crippen MR) is 103 cm³/mol. The van der Waals surface area contributed by atoms with Crippen LogP contribution in [0.25, 0.3) is 16.9 Å². The van der Waals surface area contributed by atoms with Crippen molar-refractivity contribution in [2.75, 3.05) is 6.26 Å². The largest absolute Gasteiger partial charge is 0.297 e. The molecule has 0 aliphatic heterocycles. The maximum Gasteiger partial charge on any atom is 0.158 e. The molecular weight excluding hydrogens is 346 g/mol. The van der Waals surface area contributed by atoms with E-state index in [0.29, 0.717) is 0 Å². The first kappa shape index (κ1) is 18.0. The zero-order valence-electron chi connectivity index (χ0n) is 15.2. The Morgan fingerprint density at radius 1 is 1.12 bits per heavy atom. The molecule has 3 aromatic heterocycles. The summed E-state index contributed by atoms with van der Waals surface area (Å²) < 4.78 is 14.7. The second-order valence-corrected chi connectivity index (χ2v) is 7.40. The van der Waals surface area contributed by atoms with E-state index in [1.165, 1.54) is 0 Å². The van der Waals surface area contributed by atoms with Crippen LogP contribution in [0, 0.1) is 13.8 Å². The molecule has 7 heteroatoms. The molecule has 0 radical (unpaired) electrons. The summed E-state index contributed by atoms with van der Waals surface area (Å²) in [6.07, 6.45) is 11.0. The molecule has 0 saturated carbocycles. The highest BCUT2D eigenvalue weighted by molar-refractivity contribution is 7.84. The molecule has 6 nitrogen and oxygen atoms in total. The molecule has 0 fully saturated rings. The zero-order valence-corrected chi connectivity index (χ0v) is 16.1. The molecule has 1 aromatic carbocycles. The van der Waals surface area contributed by atoms with Gasteiger partial charge in [-0.05, 0) is 31.5 Å². The van der Waals surface area contributed by atoms with Crippen LogP contribution in [0.15, 0.2) is 60.1 Å². The molecule has 0 aliphatic rings. The highest BCUT2D eigenvalue weighted by Gasteiger charge is 2.08. The van der Waals surface area contributed by atoms with Crippen LogP contribution in [0.3, 0.4) is 0 Å². The van der Waals surface area contributed by atoms with E-state index in [1.807, 2.05) is 74.3 Å². The molecule has 4 rings (SSSR count). The fraction of sp³-hybridized carbons (Fsp3) is 0.211. The van der Waals surface area contributed by atoms with Crippen molar-refractivity contribution in [3.05, 3.63) is 66.5 Å². The van der Waals surface area contributed by atoms with Gasteiger partial charge < -0.3 is 0 Å². The summed E-state index contributed by atoms with van der Waals surface area (Å²) in [5.74, 6) is 0. The first-order valence-electron chi connectivity index (χ1n) is 8.13. The van der Waals surface area contributed by atoms with E-state index >= 15 is 0 Å². The lowest BCUT2D eigenvalue weighted by Gasteiger charge is -1.99. The highest BCUT2D eigenvalue weighted by Crippen LogP contribution is 2.20. The molecule has 1 unspecified atom stereocenters. The smallest absolute Gasteiger partial charge is 0.158 e. The molecule has 134 valence electrons. The number of aryl methyl sites for hydroxylation is 3. The van der Waals surface area contributed by atoms with Gasteiger partial charge in [0, 0.05) is 53.2 Å². The Morgan fingerprint density at radius 3 is 2.54 bits per heavy atom. The number of imidazole rings is 1. The maximum absolute atomic E-state index is 10.9. The second kappa shape index (κ2) is 7.61. The van der Waals surface area contributed by atoms with Crippen molar-refractivity contribution in [2.24, 2.45) is 7.05 Å². The number of aromatic nitrogens is 5. The van der Waals surface area contributed by atoms with E-state index in [1.54, 1.807) is 17.1 Å². The fourth-order valence-electron chi connectivity index (χ4n) is 2.61. The molecule has 1 atom stereocenters. The Kier molecular flexibility index (Phi) is 5.27. The van der Waals surface area contributed by atoms with Gasteiger partial charge >= 0.3 is 0 Å². The average Bonchev–Trinajstić information content (AvgIpc) is 3.22. The topological polar surface area (TPSA) is 65.1 Å². The van der Waals surface area contributed by atoms with Gasteiger partial charge in [0.1, 0.15) is 0 Å². The molecule has 26 heavy (non-hydrogen) atoms. The van der Waals surface area contributed by atoms with Crippen molar-refractivity contribution in [2.45, 2.75) is 18.7 Å². The summed E-state index contributed by atoms with van der Waals surface area (Å²) in [5, 5.41) is 4.16. The molecule has 0 bridgehead atoms. The molecule has 0 N–H and O–H groups in total. The molecule has 0 amide bonds. The third-order valence-corrected chi connectivity index (χ3v) is 4.84. The van der Waals surface area contributed by atoms with E-state index in [9.17, 15) is 4.21 Å². The Hall–Kier alpha value is -2.80. The van der Waals surface area contributed by atoms with Crippen LogP contribution in [0.4, 0.5) is 0 Å². The van der Waals surface area contributed by atoms with E-state index in [-0.39, 0.29) is 0 Å². The minimum atomic E-state index is -0.839. The molecule has 0 saturated heterocycles. The van der Waals surface area contributed by atoms with Crippen LogP contribution in [-0.4, -0.2) is 34.6 Å². The molecule has 0 aliphatic carbocycles. The van der Waals surface area contributed by atoms with Crippen LogP contribution in [0.5, 0.6) is 0 Å². The minimum Gasteiger partial charge on any atom is -0.297 e. The number of rotatable bonds is 2. The van der Waals surface area contributed by atoms with Gasteiger partial charge in [-0.25, -0.2) is 4.98 Å². The number of hydrogen-bond acceptors (Lipinski definition) is 4. The van der Waals surface area contributed by atoms with E-state index in [0.717, 1.165) is 33.1 Å². The van der Waals surface area contributed by atoms with Crippen molar-refractivity contribution in [1.82, 2.24) is 24.1 Å². The summed E-state index contributed by atoms with van der Waals surface area (Å²) in [6.45, 7) is 3.95. The molecule has 0 spiro atoms. The first-order chi connectivity index (χ1) is 12.5. The van der Waals surface area contributed by atoms with Crippen LogP contribution in [0.1, 0.15) is 11.3 Å². The summed E-state index contributed by atoms with van der Waals surface area (Å²) in [4.78, 5) is 9.49. The summed E-state index contributed by atoms with van der Waals surface area (Å²) in [6, 6.07) is 7.74. The van der Waals surface area contributed by atoms with Crippen molar-refractivity contribution in [3.63, 3.8) is 0 Å². The standard InChI is InChI=1S/C11H11N5.C8H10OS/c1-8-11-13-6-10(16(11)4-3-12-8)9-5-14-15(2)7-9;1-7-4-3-5-8(6-7)10(2)9/h3-7H,1-2H3;3-6H,1-2H3. The van der Waals surface area contributed by atoms with Gasteiger partial charge in [-0.2, -0.15) is 5.10 Å². The average molecular weight is 367 g/mol. The SMILES string of the molecule is Cc1cccc(S(C)=O)c1.Cc1nccn2c(-c3cnn(C)c3)cnc12. The third kappa shape index (κ3) is 3.88. The lowest BCUT2D eigenvalue weighted by Crippen LogP contribution is -1.92. The van der Waals surface area contributed by atoms with Gasteiger partial charge in [0.15, 0.2) is 5.65 Å². The van der Waals surface area contributed by atoms with Crippen LogP contribution < -0.4 is 0 Å². The number of hydrogen-bond donors (Lipinski definition) is 0. The first-order valence-corrected chi connectivity index (χ1v) is 9.69. The van der Waals surface area contributed by atoms with Crippen molar-refractivity contribution in [3.8, 4) is 11.3 Å². The molecule has 3 heterocycles. The number of benzene rings is 1. The predicted octanol–water partition coefficient (Wildman–Crippen LogP) is 3.17. The third-order valence-electron chi connectivity index (χ3n) is 3.93. The second-order valence-electron chi connectivity index (χ2n) is 6.02. The van der Waals surface area contributed by atoms with Gasteiger partial charge in [0.05, 0.1) is 23.8 Å². The lowest BCUT2D eigenvalue weighted by atomic mass is 10.2. The van der Waals surface area contributed by atoms with Crippen LogP contribution in [-0.2, 0) is 17.8 Å². The Labute approximate surface area is 155 Å². The Balaban J connectivity index is 0.000000170. The van der Waals surface area contributed by atoms with Crippen molar-refractivity contribution in [1.29, 1.82) is 0 Å². The van der Waals surface area contributed by atoms with Crippen LogP contribution >= 0.6 is 0 Å². The van der Waals surface area contributed by atoms with E-state index < -0.39 is 10.8 Å².